The number of hydrogen-bond acceptors (Lipinski definition) is 7. The number of ether oxygens (including phenoxy) is 1. The van der Waals surface area contributed by atoms with Crippen LogP contribution in [0.3, 0.4) is 0 Å². The Bertz CT molecular complexity index is 1860. The lowest BCUT2D eigenvalue weighted by Crippen LogP contribution is -2.35. The second-order valence-corrected chi connectivity index (χ2v) is 11.6. The lowest BCUT2D eigenvalue weighted by molar-refractivity contribution is -0.119. The Morgan fingerprint density at radius 2 is 1.68 bits per heavy atom. The molecule has 3 N–H and O–H groups in total. The van der Waals surface area contributed by atoms with Gasteiger partial charge in [-0.15, -0.1) is 0 Å². The van der Waals surface area contributed by atoms with Crippen molar-refractivity contribution in [3.63, 3.8) is 0 Å². The summed E-state index contributed by atoms with van der Waals surface area (Å²) in [6, 6.07) is 15.9. The summed E-state index contributed by atoms with van der Waals surface area (Å²) in [5, 5.41) is 11.7. The number of halogens is 2. The fourth-order valence-corrected chi connectivity index (χ4v) is 6.35. The van der Waals surface area contributed by atoms with Crippen LogP contribution >= 0.6 is 23.2 Å². The van der Waals surface area contributed by atoms with Crippen molar-refractivity contribution in [2.24, 2.45) is 7.05 Å². The Morgan fingerprint density at radius 3 is 2.34 bits per heavy atom. The van der Waals surface area contributed by atoms with Gasteiger partial charge in [-0.3, -0.25) is 9.78 Å². The van der Waals surface area contributed by atoms with E-state index < -0.39 is 0 Å². The van der Waals surface area contributed by atoms with Crippen molar-refractivity contribution in [1.82, 2.24) is 35.5 Å². The van der Waals surface area contributed by atoms with Gasteiger partial charge in [-0.25, -0.2) is 9.97 Å². The Morgan fingerprint density at radius 1 is 0.977 bits per heavy atom. The molecule has 6 rings (SSSR count). The number of nitrogens with zero attached hydrogens (tertiary/aromatic N) is 4. The fourth-order valence-electron chi connectivity index (χ4n) is 5.70. The summed E-state index contributed by atoms with van der Waals surface area (Å²) in [6.07, 6.45) is 5.18. The first kappa shape index (κ1) is 30.0. The van der Waals surface area contributed by atoms with Gasteiger partial charge in [-0.2, -0.15) is 0 Å². The van der Waals surface area contributed by atoms with Gasteiger partial charge >= 0.3 is 0 Å². The highest BCUT2D eigenvalue weighted by atomic mass is 35.5. The standard InChI is InChI=1S/C33H33Cl2N7O2/c1-36-14-19-18-42(2)32-21(19)11-12-26(40-32)24-8-4-6-22(30(24)34)23-7-5-9-25(31(23)35)27-17-38-28(33(41-27)44-3)16-37-15-20-10-13-29(43)39-20/h4-9,11-12,17-18,20,36-37H,10,13-16H2,1-3H3,(H,39,43). The summed E-state index contributed by atoms with van der Waals surface area (Å²) in [4.78, 5) is 25.8. The van der Waals surface area contributed by atoms with Gasteiger partial charge in [0.05, 0.1) is 34.7 Å². The van der Waals surface area contributed by atoms with E-state index in [4.69, 9.17) is 37.9 Å². The number of nitrogens with one attached hydrogen (secondary N) is 3. The first-order valence-electron chi connectivity index (χ1n) is 14.5. The zero-order chi connectivity index (χ0) is 30.8. The number of amides is 1. The highest BCUT2D eigenvalue weighted by molar-refractivity contribution is 6.39. The van der Waals surface area contributed by atoms with Crippen molar-refractivity contribution in [1.29, 1.82) is 0 Å². The summed E-state index contributed by atoms with van der Waals surface area (Å²) in [5.74, 6) is 0.502. The monoisotopic (exact) mass is 629 g/mol. The highest BCUT2D eigenvalue weighted by Crippen LogP contribution is 2.42. The molecule has 1 aliphatic rings. The Labute approximate surface area is 266 Å². The van der Waals surface area contributed by atoms with Crippen molar-refractivity contribution in [3.05, 3.63) is 82.2 Å². The molecule has 11 heteroatoms. The third kappa shape index (κ3) is 5.88. The predicted octanol–water partition coefficient (Wildman–Crippen LogP) is 5.77. The van der Waals surface area contributed by atoms with Crippen LogP contribution in [0.1, 0.15) is 24.1 Å². The topological polar surface area (TPSA) is 106 Å². The van der Waals surface area contributed by atoms with Crippen LogP contribution < -0.4 is 20.7 Å². The number of fused-ring (bicyclic) bond motifs is 1. The fraction of sp³-hybridized carbons (Fsp3) is 0.273. The molecule has 0 aliphatic carbocycles. The molecular weight excluding hydrogens is 597 g/mol. The van der Waals surface area contributed by atoms with Crippen LogP contribution in [0.2, 0.25) is 10.0 Å². The molecular formula is C33H33Cl2N7O2. The van der Waals surface area contributed by atoms with E-state index in [1.807, 2.05) is 61.1 Å². The average molecular weight is 631 g/mol. The Kier molecular flexibility index (Phi) is 8.81. The summed E-state index contributed by atoms with van der Waals surface area (Å²) in [6.45, 7) is 1.87. The van der Waals surface area contributed by atoms with E-state index in [2.05, 4.69) is 33.2 Å². The highest BCUT2D eigenvalue weighted by Gasteiger charge is 2.21. The van der Waals surface area contributed by atoms with E-state index in [1.54, 1.807) is 13.3 Å². The molecule has 0 saturated carbocycles. The van der Waals surface area contributed by atoms with Gasteiger partial charge in [0.15, 0.2) is 0 Å². The molecule has 44 heavy (non-hydrogen) atoms. The third-order valence-electron chi connectivity index (χ3n) is 7.88. The molecule has 9 nitrogen and oxygen atoms in total. The first-order chi connectivity index (χ1) is 21.4. The van der Waals surface area contributed by atoms with Crippen molar-refractivity contribution < 1.29 is 9.53 Å². The molecule has 0 spiro atoms. The molecule has 1 saturated heterocycles. The van der Waals surface area contributed by atoms with Gasteiger partial charge in [-0.05, 0) is 31.2 Å². The predicted molar refractivity (Wildman–Crippen MR) is 175 cm³/mol. The zero-order valence-corrected chi connectivity index (χ0v) is 26.3. The molecule has 1 aliphatic heterocycles. The number of rotatable bonds is 10. The largest absolute Gasteiger partial charge is 0.480 e. The van der Waals surface area contributed by atoms with Gasteiger partial charge < -0.3 is 25.3 Å². The van der Waals surface area contributed by atoms with Crippen LogP contribution in [0.25, 0.3) is 44.7 Å². The van der Waals surface area contributed by atoms with Crippen LogP contribution in [0, 0.1) is 0 Å². The second-order valence-electron chi connectivity index (χ2n) is 10.8. The van der Waals surface area contributed by atoms with Crippen molar-refractivity contribution in [2.45, 2.75) is 32.0 Å². The molecule has 1 fully saturated rings. The number of benzene rings is 2. The van der Waals surface area contributed by atoms with Gasteiger partial charge in [0.25, 0.3) is 0 Å². The summed E-state index contributed by atoms with van der Waals surface area (Å²) >= 11 is 14.1. The van der Waals surface area contributed by atoms with Crippen LogP contribution in [0.5, 0.6) is 5.88 Å². The van der Waals surface area contributed by atoms with E-state index in [0.717, 1.165) is 46.4 Å². The molecule has 2 aromatic carbocycles. The summed E-state index contributed by atoms with van der Waals surface area (Å²) < 4.78 is 7.62. The van der Waals surface area contributed by atoms with E-state index in [1.165, 1.54) is 5.56 Å². The normalized spacial score (nSPS) is 14.8. The maximum absolute atomic E-state index is 11.5. The van der Waals surface area contributed by atoms with Gasteiger partial charge in [0.1, 0.15) is 11.3 Å². The number of methoxy groups -OCH3 is 1. The molecule has 1 atom stereocenters. The minimum Gasteiger partial charge on any atom is -0.480 e. The van der Waals surface area contributed by atoms with E-state index in [9.17, 15) is 4.79 Å². The van der Waals surface area contributed by atoms with Crippen molar-refractivity contribution >= 4 is 40.1 Å². The minimum absolute atomic E-state index is 0.0924. The SMILES string of the molecule is CNCc1cn(C)c2nc(-c3cccc(-c4cccc(-c5cnc(CNCC6CCC(=O)N6)c(OC)n5)c4Cl)c3Cl)ccc12. The second kappa shape index (κ2) is 12.9. The third-order valence-corrected chi connectivity index (χ3v) is 8.70. The Hall–Kier alpha value is -4.02. The molecule has 3 aromatic heterocycles. The lowest BCUT2D eigenvalue weighted by Gasteiger charge is -2.15. The minimum atomic E-state index is 0.0924. The molecule has 5 aromatic rings. The van der Waals surface area contributed by atoms with E-state index in [0.29, 0.717) is 52.4 Å². The maximum atomic E-state index is 11.5. The number of hydrogen-bond donors (Lipinski definition) is 3. The molecule has 1 amide bonds. The Balaban J connectivity index is 1.29. The number of pyridine rings is 1. The van der Waals surface area contributed by atoms with Crippen LogP contribution in [0.4, 0.5) is 0 Å². The van der Waals surface area contributed by atoms with Crippen molar-refractivity contribution in [3.8, 4) is 39.5 Å². The van der Waals surface area contributed by atoms with Gasteiger partial charge in [0.2, 0.25) is 11.8 Å². The smallest absolute Gasteiger partial charge is 0.237 e. The van der Waals surface area contributed by atoms with Crippen LogP contribution in [0.15, 0.2) is 60.9 Å². The van der Waals surface area contributed by atoms with Gasteiger partial charge in [-0.1, -0.05) is 59.6 Å². The number of aryl methyl sites for hydroxylation is 1. The molecule has 226 valence electrons. The van der Waals surface area contributed by atoms with Crippen molar-refractivity contribution in [2.75, 3.05) is 20.7 Å². The maximum Gasteiger partial charge on any atom is 0.237 e. The van der Waals surface area contributed by atoms with Crippen LogP contribution in [-0.4, -0.2) is 52.2 Å². The molecule has 1 unspecified atom stereocenters. The van der Waals surface area contributed by atoms with E-state index in [-0.39, 0.29) is 11.9 Å². The average Bonchev–Trinajstić information content (AvgIpc) is 3.59. The summed E-state index contributed by atoms with van der Waals surface area (Å²) in [5.41, 5.74) is 7.22. The lowest BCUT2D eigenvalue weighted by atomic mass is 9.98. The van der Waals surface area contributed by atoms with Crippen LogP contribution in [-0.2, 0) is 24.9 Å². The molecule has 0 radical (unpaired) electrons. The first-order valence-corrected chi connectivity index (χ1v) is 15.2. The number of aromatic nitrogens is 4. The van der Waals surface area contributed by atoms with E-state index >= 15 is 0 Å². The number of carbonyl (C=O) groups excluding carboxylic acids is 1. The quantitative estimate of drug-likeness (QED) is 0.180. The number of carbonyl (C=O) groups is 1. The van der Waals surface area contributed by atoms with Gasteiger partial charge in [0, 0.05) is 73.0 Å². The molecule has 0 bridgehead atoms. The zero-order valence-electron chi connectivity index (χ0n) is 24.7. The molecule has 4 heterocycles. The summed E-state index contributed by atoms with van der Waals surface area (Å²) in [7, 11) is 5.50.